The quantitative estimate of drug-likeness (QED) is 0.418. The molecule has 9 heteroatoms. The summed E-state index contributed by atoms with van der Waals surface area (Å²) in [5.74, 6) is 0.0308. The van der Waals surface area contributed by atoms with Gasteiger partial charge in [-0.25, -0.2) is 9.37 Å². The molecular formula is C23H26FN7O. The summed E-state index contributed by atoms with van der Waals surface area (Å²) in [4.78, 5) is 23.2. The molecule has 1 aromatic carbocycles. The monoisotopic (exact) mass is 435 g/mol. The number of nitrogen functional groups attached to an aromatic ring is 1. The van der Waals surface area contributed by atoms with E-state index >= 15 is 0 Å². The summed E-state index contributed by atoms with van der Waals surface area (Å²) in [6, 6.07) is 9.79. The Morgan fingerprint density at radius 2 is 2.00 bits per heavy atom. The van der Waals surface area contributed by atoms with Crippen molar-refractivity contribution >= 4 is 22.6 Å². The SMILES string of the molecule is CN/C(N)=C/C=C(\N)CN(Cc1ncccc1F)C(=O)c1ccc2nc(N)c(C)cc2c1. The number of hydrogen-bond acceptors (Lipinski definition) is 7. The van der Waals surface area contributed by atoms with Crippen LogP contribution in [0.15, 0.2) is 66.3 Å². The minimum Gasteiger partial charge on any atom is -0.401 e. The standard InChI is InChI=1S/C23H26FN7O/c1-14-10-16-11-15(5-7-19(16)30-22(14)27)23(32)31(12-17(25)6-8-21(26)28-2)13-20-18(24)4-3-9-29-20/h3-11,28H,12-13,25-26H2,1-2H3,(H2,27,30)/b17-6-,21-8+. The molecule has 0 saturated carbocycles. The molecular weight excluding hydrogens is 409 g/mol. The van der Waals surface area contributed by atoms with Gasteiger partial charge in [0.1, 0.15) is 11.6 Å². The van der Waals surface area contributed by atoms with E-state index in [1.165, 1.54) is 23.2 Å². The summed E-state index contributed by atoms with van der Waals surface area (Å²) in [5.41, 5.74) is 20.1. The molecule has 8 nitrogen and oxygen atoms in total. The van der Waals surface area contributed by atoms with Crippen LogP contribution in [-0.4, -0.2) is 34.4 Å². The van der Waals surface area contributed by atoms with E-state index in [1.807, 2.05) is 13.0 Å². The number of nitrogens with two attached hydrogens (primary N) is 3. The molecule has 2 aromatic heterocycles. The van der Waals surface area contributed by atoms with Crippen LogP contribution >= 0.6 is 0 Å². The lowest BCUT2D eigenvalue weighted by atomic mass is 10.1. The second-order valence-electron chi connectivity index (χ2n) is 7.30. The largest absolute Gasteiger partial charge is 0.401 e. The Bertz CT molecular complexity index is 1210. The highest BCUT2D eigenvalue weighted by molar-refractivity contribution is 5.98. The first-order chi connectivity index (χ1) is 15.3. The van der Waals surface area contributed by atoms with Gasteiger partial charge in [0.25, 0.3) is 5.91 Å². The lowest BCUT2D eigenvalue weighted by molar-refractivity contribution is 0.0754. The molecule has 0 unspecified atom stereocenters. The molecule has 0 aliphatic carbocycles. The zero-order valence-electron chi connectivity index (χ0n) is 18.0. The van der Waals surface area contributed by atoms with Crippen molar-refractivity contribution in [2.24, 2.45) is 11.5 Å². The van der Waals surface area contributed by atoms with E-state index in [0.29, 0.717) is 28.4 Å². The topological polar surface area (TPSA) is 136 Å². The van der Waals surface area contributed by atoms with Crippen LogP contribution in [0.1, 0.15) is 21.6 Å². The zero-order chi connectivity index (χ0) is 23.3. The van der Waals surface area contributed by atoms with E-state index in [0.717, 1.165) is 10.9 Å². The molecule has 0 radical (unpaired) electrons. The Hall–Kier alpha value is -4.14. The third-order valence-corrected chi connectivity index (χ3v) is 4.89. The number of nitrogens with zero attached hydrogens (tertiary/aromatic N) is 3. The van der Waals surface area contributed by atoms with E-state index in [1.54, 1.807) is 37.4 Å². The first kappa shape index (κ1) is 22.5. The van der Waals surface area contributed by atoms with Crippen molar-refractivity contribution in [1.29, 1.82) is 0 Å². The number of rotatable bonds is 7. The number of aryl methyl sites for hydroxylation is 1. The number of hydrogen-bond donors (Lipinski definition) is 4. The Kier molecular flexibility index (Phi) is 6.89. The van der Waals surface area contributed by atoms with Gasteiger partial charge >= 0.3 is 0 Å². The zero-order valence-corrected chi connectivity index (χ0v) is 18.0. The Morgan fingerprint density at radius 3 is 2.72 bits per heavy atom. The van der Waals surface area contributed by atoms with Crippen molar-refractivity contribution < 1.29 is 9.18 Å². The van der Waals surface area contributed by atoms with Crippen LogP contribution in [0.4, 0.5) is 10.2 Å². The number of carbonyl (C=O) groups is 1. The lowest BCUT2D eigenvalue weighted by Gasteiger charge is -2.23. The lowest BCUT2D eigenvalue weighted by Crippen LogP contribution is -2.34. The smallest absolute Gasteiger partial charge is 0.254 e. The second-order valence-corrected chi connectivity index (χ2v) is 7.30. The van der Waals surface area contributed by atoms with E-state index in [-0.39, 0.29) is 24.7 Å². The summed E-state index contributed by atoms with van der Waals surface area (Å²) in [5, 5.41) is 3.56. The van der Waals surface area contributed by atoms with E-state index in [9.17, 15) is 9.18 Å². The maximum absolute atomic E-state index is 14.2. The average molecular weight is 436 g/mol. The molecule has 0 atom stereocenters. The molecule has 0 saturated heterocycles. The normalized spacial score (nSPS) is 12.1. The number of fused-ring (bicyclic) bond motifs is 1. The van der Waals surface area contributed by atoms with Gasteiger partial charge in [0.15, 0.2) is 0 Å². The summed E-state index contributed by atoms with van der Waals surface area (Å²) < 4.78 is 14.2. The van der Waals surface area contributed by atoms with Gasteiger partial charge in [-0.3, -0.25) is 9.78 Å². The molecule has 0 aliphatic rings. The number of allylic oxidation sites excluding steroid dienone is 2. The number of carbonyl (C=O) groups excluding carboxylic acids is 1. The summed E-state index contributed by atoms with van der Waals surface area (Å²) in [6.45, 7) is 1.85. The fourth-order valence-electron chi connectivity index (χ4n) is 3.08. The third kappa shape index (κ3) is 5.31. The molecule has 32 heavy (non-hydrogen) atoms. The third-order valence-electron chi connectivity index (χ3n) is 4.89. The molecule has 3 aromatic rings. The van der Waals surface area contributed by atoms with Crippen LogP contribution in [0.5, 0.6) is 0 Å². The number of nitrogens with one attached hydrogen (secondary N) is 1. The number of halogens is 1. The molecule has 3 rings (SSSR count). The van der Waals surface area contributed by atoms with Crippen molar-refractivity contribution in [3.05, 3.63) is 88.9 Å². The average Bonchev–Trinajstić information content (AvgIpc) is 2.78. The van der Waals surface area contributed by atoms with Crippen molar-refractivity contribution in [2.75, 3.05) is 19.3 Å². The van der Waals surface area contributed by atoms with Gasteiger partial charge in [-0.05, 0) is 61.0 Å². The second kappa shape index (κ2) is 9.78. The minimum atomic E-state index is -0.499. The van der Waals surface area contributed by atoms with Crippen molar-refractivity contribution in [3.63, 3.8) is 0 Å². The summed E-state index contributed by atoms with van der Waals surface area (Å²) >= 11 is 0. The first-order valence-electron chi connectivity index (χ1n) is 9.93. The molecule has 0 aliphatic heterocycles. The summed E-state index contributed by atoms with van der Waals surface area (Å²) in [7, 11) is 1.68. The van der Waals surface area contributed by atoms with E-state index in [4.69, 9.17) is 17.2 Å². The van der Waals surface area contributed by atoms with E-state index in [2.05, 4.69) is 15.3 Å². The van der Waals surface area contributed by atoms with Gasteiger partial charge in [-0.2, -0.15) is 0 Å². The van der Waals surface area contributed by atoms with Crippen LogP contribution in [0.2, 0.25) is 0 Å². The van der Waals surface area contributed by atoms with E-state index < -0.39 is 5.82 Å². The van der Waals surface area contributed by atoms with Crippen molar-refractivity contribution in [3.8, 4) is 0 Å². The van der Waals surface area contributed by atoms with Gasteiger partial charge in [0.05, 0.1) is 30.1 Å². The minimum absolute atomic E-state index is 0.0533. The molecule has 0 bridgehead atoms. The molecule has 1 amide bonds. The maximum Gasteiger partial charge on any atom is 0.254 e. The highest BCUT2D eigenvalue weighted by Gasteiger charge is 2.20. The molecule has 0 fully saturated rings. The number of anilines is 1. The van der Waals surface area contributed by atoms with Crippen LogP contribution < -0.4 is 22.5 Å². The molecule has 0 spiro atoms. The van der Waals surface area contributed by atoms with Gasteiger partial charge < -0.3 is 27.4 Å². The number of pyridine rings is 2. The predicted octanol–water partition coefficient (Wildman–Crippen LogP) is 2.16. The fraction of sp³-hybridized carbons (Fsp3) is 0.174. The predicted molar refractivity (Wildman–Crippen MR) is 123 cm³/mol. The van der Waals surface area contributed by atoms with Crippen LogP contribution in [0.25, 0.3) is 10.9 Å². The van der Waals surface area contributed by atoms with Gasteiger partial charge in [0, 0.05) is 29.9 Å². The van der Waals surface area contributed by atoms with Gasteiger partial charge in [-0.15, -0.1) is 0 Å². The number of amides is 1. The van der Waals surface area contributed by atoms with Crippen LogP contribution in [0, 0.1) is 12.7 Å². The Balaban J connectivity index is 1.96. The molecule has 7 N–H and O–H groups in total. The van der Waals surface area contributed by atoms with Gasteiger partial charge in [0.2, 0.25) is 0 Å². The molecule has 166 valence electrons. The molecule has 2 heterocycles. The Morgan fingerprint density at radius 1 is 1.22 bits per heavy atom. The van der Waals surface area contributed by atoms with Crippen LogP contribution in [0.3, 0.4) is 0 Å². The van der Waals surface area contributed by atoms with Crippen LogP contribution in [-0.2, 0) is 6.54 Å². The highest BCUT2D eigenvalue weighted by atomic mass is 19.1. The maximum atomic E-state index is 14.2. The fourth-order valence-corrected chi connectivity index (χ4v) is 3.08. The van der Waals surface area contributed by atoms with Crippen molar-refractivity contribution in [1.82, 2.24) is 20.2 Å². The Labute approximate surface area is 185 Å². The van der Waals surface area contributed by atoms with Gasteiger partial charge in [-0.1, -0.05) is 0 Å². The number of aromatic nitrogens is 2. The first-order valence-corrected chi connectivity index (χ1v) is 9.93. The number of benzene rings is 1. The van der Waals surface area contributed by atoms with Crippen molar-refractivity contribution in [2.45, 2.75) is 13.5 Å². The summed E-state index contributed by atoms with van der Waals surface area (Å²) in [6.07, 6.45) is 4.66. The highest BCUT2D eigenvalue weighted by Crippen LogP contribution is 2.21.